The average Bonchev–Trinajstić information content (AvgIpc) is 3.48. The van der Waals surface area contributed by atoms with Gasteiger partial charge in [-0.1, -0.05) is 12.1 Å². The largest absolute Gasteiger partial charge is 0.447 e. The van der Waals surface area contributed by atoms with Crippen LogP contribution < -0.4 is 10.2 Å². The Morgan fingerprint density at radius 3 is 2.80 bits per heavy atom. The zero-order valence-corrected chi connectivity index (χ0v) is 16.0. The summed E-state index contributed by atoms with van der Waals surface area (Å²) in [7, 11) is 0. The smallest absolute Gasteiger partial charge is 0.414 e. The number of benzene rings is 2. The van der Waals surface area contributed by atoms with Crippen molar-refractivity contribution < 1.29 is 23.5 Å². The molecule has 2 aromatic carbocycles. The Morgan fingerprint density at radius 1 is 1.20 bits per heavy atom. The summed E-state index contributed by atoms with van der Waals surface area (Å²) in [5, 5.41) is 8.05. The third-order valence-electron chi connectivity index (χ3n) is 5.33. The van der Waals surface area contributed by atoms with Gasteiger partial charge in [0.2, 0.25) is 5.91 Å². The van der Waals surface area contributed by atoms with Gasteiger partial charge in [0, 0.05) is 6.61 Å². The maximum atomic E-state index is 13.9. The highest BCUT2D eigenvalue weighted by molar-refractivity contribution is 6.10. The molecule has 0 saturated carbocycles. The molecule has 1 aromatic heterocycles. The van der Waals surface area contributed by atoms with E-state index in [1.807, 2.05) is 6.07 Å². The van der Waals surface area contributed by atoms with Crippen LogP contribution in [-0.2, 0) is 14.3 Å². The third kappa shape index (κ3) is 3.17. The predicted octanol–water partition coefficient (Wildman–Crippen LogP) is 3.10. The Labute approximate surface area is 171 Å². The molecule has 2 amide bonds. The van der Waals surface area contributed by atoms with Gasteiger partial charge >= 0.3 is 6.09 Å². The Kier molecular flexibility index (Phi) is 4.59. The minimum absolute atomic E-state index is 0.197. The Hall–Kier alpha value is -3.46. The number of carbonyl (C=O) groups excluding carboxylic acids is 2. The highest BCUT2D eigenvalue weighted by Gasteiger charge is 2.30. The lowest BCUT2D eigenvalue weighted by atomic mass is 10.1. The molecule has 5 rings (SSSR count). The average molecular weight is 410 g/mol. The number of rotatable bonds is 4. The summed E-state index contributed by atoms with van der Waals surface area (Å²) in [5.41, 5.74) is 1.72. The van der Waals surface area contributed by atoms with E-state index in [9.17, 15) is 14.0 Å². The zero-order valence-electron chi connectivity index (χ0n) is 16.0. The number of hydrogen-bond donors (Lipinski definition) is 1. The van der Waals surface area contributed by atoms with Crippen LogP contribution >= 0.6 is 0 Å². The van der Waals surface area contributed by atoms with Crippen LogP contribution in [0.15, 0.2) is 42.5 Å². The van der Waals surface area contributed by atoms with E-state index in [4.69, 9.17) is 9.47 Å². The second kappa shape index (κ2) is 7.42. The third-order valence-corrected chi connectivity index (χ3v) is 5.33. The van der Waals surface area contributed by atoms with Gasteiger partial charge in [-0.05, 0) is 36.8 Å². The molecule has 2 saturated heterocycles. The number of fused-ring (bicyclic) bond motifs is 1. The molecule has 1 N–H and O–H groups in total. The number of ether oxygens (including phenoxy) is 2. The summed E-state index contributed by atoms with van der Waals surface area (Å²) in [4.78, 5) is 26.5. The van der Waals surface area contributed by atoms with E-state index < -0.39 is 11.9 Å². The van der Waals surface area contributed by atoms with Gasteiger partial charge in [0.25, 0.3) is 0 Å². The lowest BCUT2D eigenvalue weighted by Gasteiger charge is -2.15. The molecule has 2 aliphatic heterocycles. The van der Waals surface area contributed by atoms with Crippen LogP contribution in [0.1, 0.15) is 6.42 Å². The minimum Gasteiger partial charge on any atom is -0.447 e. The zero-order chi connectivity index (χ0) is 20.7. The summed E-state index contributed by atoms with van der Waals surface area (Å²) >= 11 is 0. The van der Waals surface area contributed by atoms with Gasteiger partial charge in [0.1, 0.15) is 12.4 Å². The molecule has 1 unspecified atom stereocenters. The highest BCUT2D eigenvalue weighted by atomic mass is 19.1. The van der Waals surface area contributed by atoms with E-state index in [1.165, 1.54) is 17.0 Å². The summed E-state index contributed by atoms with van der Waals surface area (Å²) < 4.78 is 25.8. The van der Waals surface area contributed by atoms with Gasteiger partial charge in [-0.25, -0.2) is 13.9 Å². The fourth-order valence-corrected chi connectivity index (χ4v) is 3.84. The van der Waals surface area contributed by atoms with Crippen molar-refractivity contribution in [1.82, 2.24) is 9.78 Å². The lowest BCUT2D eigenvalue weighted by molar-refractivity contribution is -0.119. The Morgan fingerprint density at radius 2 is 2.07 bits per heavy atom. The molecular formula is C21H19FN4O4. The van der Waals surface area contributed by atoms with Crippen molar-refractivity contribution in [2.75, 3.05) is 36.6 Å². The molecule has 0 radical (unpaired) electrons. The lowest BCUT2D eigenvalue weighted by Crippen LogP contribution is -2.25. The van der Waals surface area contributed by atoms with Crippen molar-refractivity contribution >= 4 is 34.4 Å². The quantitative estimate of drug-likeness (QED) is 0.714. The topological polar surface area (TPSA) is 85.7 Å². The van der Waals surface area contributed by atoms with Crippen LogP contribution in [0.2, 0.25) is 0 Å². The van der Waals surface area contributed by atoms with Gasteiger partial charge in [0.15, 0.2) is 5.82 Å². The molecule has 2 fully saturated rings. The first-order valence-corrected chi connectivity index (χ1v) is 9.72. The number of aromatic nitrogens is 2. The van der Waals surface area contributed by atoms with Crippen LogP contribution in [0.4, 0.5) is 20.7 Å². The summed E-state index contributed by atoms with van der Waals surface area (Å²) in [6.07, 6.45) is 0.183. The van der Waals surface area contributed by atoms with E-state index >= 15 is 0 Å². The minimum atomic E-state index is -0.456. The first-order valence-electron chi connectivity index (χ1n) is 9.72. The van der Waals surface area contributed by atoms with Crippen molar-refractivity contribution in [2.24, 2.45) is 5.92 Å². The summed E-state index contributed by atoms with van der Waals surface area (Å²) in [5.74, 6) is -0.550. The number of hydrogen-bond acceptors (Lipinski definition) is 5. The SMILES string of the molecule is O=C(Nc1nn(-c2cccc(F)c2)c2cccc(N3CCOC3=O)c12)C1CCOC1. The van der Waals surface area contributed by atoms with Gasteiger partial charge < -0.3 is 14.8 Å². The van der Waals surface area contributed by atoms with Gasteiger partial charge in [0.05, 0.1) is 41.3 Å². The normalized spacial score (nSPS) is 18.8. The summed E-state index contributed by atoms with van der Waals surface area (Å²) in [6.45, 7) is 1.59. The molecule has 0 spiro atoms. The van der Waals surface area contributed by atoms with E-state index in [0.717, 1.165) is 0 Å². The standard InChI is InChI=1S/C21H19FN4O4/c22-14-3-1-4-15(11-14)26-17-6-2-5-16(25-8-10-30-21(25)28)18(17)19(24-26)23-20(27)13-7-9-29-12-13/h1-6,11,13H,7-10,12H2,(H,23,24,27). The van der Waals surface area contributed by atoms with Crippen LogP contribution in [0.25, 0.3) is 16.6 Å². The molecule has 1 atom stereocenters. The van der Waals surface area contributed by atoms with Crippen molar-refractivity contribution in [3.05, 3.63) is 48.3 Å². The van der Waals surface area contributed by atoms with E-state index in [2.05, 4.69) is 10.4 Å². The van der Waals surface area contributed by atoms with Gasteiger partial charge in [-0.3, -0.25) is 9.69 Å². The van der Waals surface area contributed by atoms with Crippen LogP contribution in [-0.4, -0.2) is 48.1 Å². The fourth-order valence-electron chi connectivity index (χ4n) is 3.84. The van der Waals surface area contributed by atoms with E-state index in [0.29, 0.717) is 54.3 Å². The number of carbonyl (C=O) groups is 2. The predicted molar refractivity (Wildman–Crippen MR) is 107 cm³/mol. The van der Waals surface area contributed by atoms with Crippen LogP contribution in [0.3, 0.4) is 0 Å². The maximum absolute atomic E-state index is 13.9. The first-order chi connectivity index (χ1) is 14.6. The highest BCUT2D eigenvalue weighted by Crippen LogP contribution is 2.36. The molecule has 8 nitrogen and oxygen atoms in total. The van der Waals surface area contributed by atoms with E-state index in [-0.39, 0.29) is 18.4 Å². The molecule has 3 heterocycles. The number of anilines is 2. The van der Waals surface area contributed by atoms with Crippen LogP contribution in [0.5, 0.6) is 0 Å². The Bertz CT molecular complexity index is 1140. The first kappa shape index (κ1) is 18.6. The molecular weight excluding hydrogens is 391 g/mol. The number of cyclic esters (lactones) is 1. The van der Waals surface area contributed by atoms with Crippen molar-refractivity contribution in [1.29, 1.82) is 0 Å². The number of halogens is 1. The monoisotopic (exact) mass is 410 g/mol. The van der Waals surface area contributed by atoms with Crippen LogP contribution in [0, 0.1) is 11.7 Å². The maximum Gasteiger partial charge on any atom is 0.414 e. The second-order valence-electron chi connectivity index (χ2n) is 7.23. The molecule has 3 aromatic rings. The number of nitrogens with zero attached hydrogens (tertiary/aromatic N) is 3. The van der Waals surface area contributed by atoms with E-state index in [1.54, 1.807) is 28.9 Å². The second-order valence-corrected chi connectivity index (χ2v) is 7.23. The number of nitrogens with one attached hydrogen (secondary N) is 1. The number of amides is 2. The van der Waals surface area contributed by atoms with Gasteiger partial charge in [-0.15, -0.1) is 5.10 Å². The molecule has 30 heavy (non-hydrogen) atoms. The van der Waals surface area contributed by atoms with Gasteiger partial charge in [-0.2, -0.15) is 0 Å². The fraction of sp³-hybridized carbons (Fsp3) is 0.286. The molecule has 2 aliphatic rings. The molecule has 0 bridgehead atoms. The van der Waals surface area contributed by atoms with Crippen molar-refractivity contribution in [3.63, 3.8) is 0 Å². The van der Waals surface area contributed by atoms with Crippen molar-refractivity contribution in [2.45, 2.75) is 6.42 Å². The van der Waals surface area contributed by atoms with Crippen molar-refractivity contribution in [3.8, 4) is 5.69 Å². The summed E-state index contributed by atoms with van der Waals surface area (Å²) in [6, 6.07) is 11.4. The molecule has 154 valence electrons. The molecule has 0 aliphatic carbocycles. The Balaban J connectivity index is 1.66. The molecule has 9 heteroatoms.